The van der Waals surface area contributed by atoms with Crippen LogP contribution in [0.3, 0.4) is 0 Å². The maximum atomic E-state index is 5.97. The molecule has 0 aromatic heterocycles. The number of anilines is 2. The van der Waals surface area contributed by atoms with Crippen LogP contribution in [0.25, 0.3) is 0 Å². The molecule has 2 N–H and O–H groups in total. The van der Waals surface area contributed by atoms with Crippen LogP contribution in [0.1, 0.15) is 30.9 Å². The van der Waals surface area contributed by atoms with Gasteiger partial charge in [0.1, 0.15) is 0 Å². The van der Waals surface area contributed by atoms with Crippen LogP contribution >= 0.6 is 35.4 Å². The Kier molecular flexibility index (Phi) is 5.68. The van der Waals surface area contributed by atoms with Gasteiger partial charge in [-0.3, -0.25) is 0 Å². The lowest BCUT2D eigenvalue weighted by Gasteiger charge is -2.14. The molecule has 0 saturated heterocycles. The minimum Gasteiger partial charge on any atom is -0.332 e. The van der Waals surface area contributed by atoms with Gasteiger partial charge in [-0.25, -0.2) is 0 Å². The Hall–Kier alpha value is -1.29. The Labute approximate surface area is 146 Å². The average Bonchev–Trinajstić information content (AvgIpc) is 2.36. The highest BCUT2D eigenvalue weighted by molar-refractivity contribution is 7.80. The summed E-state index contributed by atoms with van der Waals surface area (Å²) in [6.45, 7) is 6.47. The molecular formula is C17H18Cl2N2S. The second kappa shape index (κ2) is 7.32. The molecule has 0 unspecified atom stereocenters. The standard InChI is InChI=1S/C17H18Cl2N2S/c1-10(2)16-5-4-14(6-11(16)3)20-17(22)21-15-8-12(18)7-13(19)9-15/h4-10H,1-3H3,(H2,20,21,22). The SMILES string of the molecule is Cc1cc(NC(=S)Nc2cc(Cl)cc(Cl)c2)ccc1C(C)C. The summed E-state index contributed by atoms with van der Waals surface area (Å²) < 4.78 is 0. The molecule has 0 aliphatic rings. The van der Waals surface area contributed by atoms with Gasteiger partial charge in [0.2, 0.25) is 0 Å². The van der Waals surface area contributed by atoms with Crippen LogP contribution < -0.4 is 10.6 Å². The van der Waals surface area contributed by atoms with Gasteiger partial charge < -0.3 is 10.6 Å². The van der Waals surface area contributed by atoms with Crippen molar-refractivity contribution in [3.63, 3.8) is 0 Å². The van der Waals surface area contributed by atoms with Crippen LogP contribution in [0, 0.1) is 6.92 Å². The van der Waals surface area contributed by atoms with E-state index >= 15 is 0 Å². The van der Waals surface area contributed by atoms with Gasteiger partial charge in [-0.05, 0) is 66.5 Å². The number of rotatable bonds is 3. The highest BCUT2D eigenvalue weighted by atomic mass is 35.5. The highest BCUT2D eigenvalue weighted by Crippen LogP contribution is 2.24. The quantitative estimate of drug-likeness (QED) is 0.639. The first-order valence-corrected chi connectivity index (χ1v) is 8.16. The highest BCUT2D eigenvalue weighted by Gasteiger charge is 2.06. The summed E-state index contributed by atoms with van der Waals surface area (Å²) in [5.41, 5.74) is 4.29. The Morgan fingerprint density at radius 2 is 1.55 bits per heavy atom. The summed E-state index contributed by atoms with van der Waals surface area (Å²) in [5.74, 6) is 0.507. The zero-order valence-corrected chi connectivity index (χ0v) is 15.0. The van der Waals surface area contributed by atoms with Crippen LogP contribution in [0.4, 0.5) is 11.4 Å². The van der Waals surface area contributed by atoms with Crippen molar-refractivity contribution in [2.24, 2.45) is 0 Å². The lowest BCUT2D eigenvalue weighted by atomic mass is 9.98. The van der Waals surface area contributed by atoms with Crippen LogP contribution in [0.15, 0.2) is 36.4 Å². The Bertz CT molecular complexity index is 679. The van der Waals surface area contributed by atoms with Gasteiger partial charge in [0.15, 0.2) is 5.11 Å². The molecule has 2 nitrogen and oxygen atoms in total. The van der Waals surface area contributed by atoms with E-state index in [9.17, 15) is 0 Å². The maximum Gasteiger partial charge on any atom is 0.175 e. The largest absolute Gasteiger partial charge is 0.332 e. The Balaban J connectivity index is 2.07. The Morgan fingerprint density at radius 3 is 2.09 bits per heavy atom. The van der Waals surface area contributed by atoms with Crippen molar-refractivity contribution in [3.8, 4) is 0 Å². The van der Waals surface area contributed by atoms with Gasteiger partial charge in [0.25, 0.3) is 0 Å². The third kappa shape index (κ3) is 4.60. The van der Waals surface area contributed by atoms with Crippen molar-refractivity contribution >= 4 is 51.9 Å². The number of halogens is 2. The fourth-order valence-electron chi connectivity index (χ4n) is 2.32. The molecule has 2 aromatic carbocycles. The summed E-state index contributed by atoms with van der Waals surface area (Å²) >= 11 is 17.3. The normalized spacial score (nSPS) is 10.6. The number of aryl methyl sites for hydroxylation is 1. The van der Waals surface area contributed by atoms with Crippen LogP contribution in [-0.2, 0) is 0 Å². The lowest BCUT2D eigenvalue weighted by Crippen LogP contribution is -2.19. The molecule has 0 saturated carbocycles. The third-order valence-corrected chi connectivity index (χ3v) is 3.91. The smallest absolute Gasteiger partial charge is 0.175 e. The van der Waals surface area contributed by atoms with E-state index in [-0.39, 0.29) is 0 Å². The van der Waals surface area contributed by atoms with Gasteiger partial charge in [-0.2, -0.15) is 0 Å². The molecular weight excluding hydrogens is 335 g/mol. The molecule has 5 heteroatoms. The minimum atomic E-state index is 0.495. The number of hydrogen-bond acceptors (Lipinski definition) is 1. The van der Waals surface area contributed by atoms with Crippen molar-refractivity contribution in [2.45, 2.75) is 26.7 Å². The predicted octanol–water partition coefficient (Wildman–Crippen LogP) is 6.23. The number of benzene rings is 2. The van der Waals surface area contributed by atoms with E-state index in [0.717, 1.165) is 11.4 Å². The van der Waals surface area contributed by atoms with Crippen molar-refractivity contribution < 1.29 is 0 Å². The van der Waals surface area contributed by atoms with Crippen LogP contribution in [0.2, 0.25) is 10.0 Å². The number of hydrogen-bond donors (Lipinski definition) is 2. The molecule has 0 heterocycles. The minimum absolute atomic E-state index is 0.495. The van der Waals surface area contributed by atoms with E-state index in [2.05, 4.69) is 43.5 Å². The fraction of sp³-hybridized carbons (Fsp3) is 0.235. The third-order valence-electron chi connectivity index (χ3n) is 3.27. The summed E-state index contributed by atoms with van der Waals surface area (Å²) in [4.78, 5) is 0. The molecule has 116 valence electrons. The average molecular weight is 353 g/mol. The van der Waals surface area contributed by atoms with Gasteiger partial charge in [-0.1, -0.05) is 43.1 Å². The summed E-state index contributed by atoms with van der Waals surface area (Å²) in [7, 11) is 0. The Morgan fingerprint density at radius 1 is 0.955 bits per heavy atom. The first kappa shape index (κ1) is 17.1. The molecule has 0 aliphatic carbocycles. The van der Waals surface area contributed by atoms with Gasteiger partial charge in [-0.15, -0.1) is 0 Å². The van der Waals surface area contributed by atoms with Crippen LogP contribution in [-0.4, -0.2) is 5.11 Å². The predicted molar refractivity (Wildman–Crippen MR) is 102 cm³/mol. The number of nitrogens with one attached hydrogen (secondary N) is 2. The topological polar surface area (TPSA) is 24.1 Å². The van der Waals surface area contributed by atoms with E-state index in [0.29, 0.717) is 21.1 Å². The number of thiocarbonyl (C=S) groups is 1. The van der Waals surface area contributed by atoms with Crippen molar-refractivity contribution in [2.75, 3.05) is 10.6 Å². The molecule has 0 atom stereocenters. The van der Waals surface area contributed by atoms with E-state index in [1.54, 1.807) is 18.2 Å². The molecule has 22 heavy (non-hydrogen) atoms. The van der Waals surface area contributed by atoms with Crippen LogP contribution in [0.5, 0.6) is 0 Å². The van der Waals surface area contributed by atoms with E-state index in [1.165, 1.54) is 11.1 Å². The molecule has 2 aromatic rings. The van der Waals surface area contributed by atoms with E-state index < -0.39 is 0 Å². The van der Waals surface area contributed by atoms with Crippen molar-refractivity contribution in [3.05, 3.63) is 57.6 Å². The van der Waals surface area contributed by atoms with E-state index in [4.69, 9.17) is 35.4 Å². The lowest BCUT2D eigenvalue weighted by molar-refractivity contribution is 0.857. The maximum absolute atomic E-state index is 5.97. The molecule has 2 rings (SSSR count). The second-order valence-electron chi connectivity index (χ2n) is 5.46. The summed E-state index contributed by atoms with van der Waals surface area (Å²) in [5, 5.41) is 7.88. The van der Waals surface area contributed by atoms with E-state index in [1.807, 2.05) is 6.07 Å². The van der Waals surface area contributed by atoms with Gasteiger partial charge in [0, 0.05) is 21.4 Å². The molecule has 0 spiro atoms. The first-order valence-electron chi connectivity index (χ1n) is 7.00. The van der Waals surface area contributed by atoms with Crippen molar-refractivity contribution in [1.82, 2.24) is 0 Å². The zero-order chi connectivity index (χ0) is 16.3. The zero-order valence-electron chi connectivity index (χ0n) is 12.7. The molecule has 0 bridgehead atoms. The fourth-order valence-corrected chi connectivity index (χ4v) is 3.08. The summed E-state index contributed by atoms with van der Waals surface area (Å²) in [6, 6.07) is 11.5. The molecule has 0 amide bonds. The van der Waals surface area contributed by atoms with Gasteiger partial charge >= 0.3 is 0 Å². The molecule has 0 fully saturated rings. The first-order chi connectivity index (χ1) is 10.3. The summed E-state index contributed by atoms with van der Waals surface area (Å²) in [6.07, 6.45) is 0. The second-order valence-corrected chi connectivity index (χ2v) is 6.74. The van der Waals surface area contributed by atoms with Crippen molar-refractivity contribution in [1.29, 1.82) is 0 Å². The monoisotopic (exact) mass is 352 g/mol. The molecule has 0 radical (unpaired) electrons. The van der Waals surface area contributed by atoms with Gasteiger partial charge in [0.05, 0.1) is 0 Å². The molecule has 0 aliphatic heterocycles.